The molecule has 0 aromatic heterocycles. The van der Waals surface area contributed by atoms with Crippen molar-refractivity contribution in [3.8, 4) is 11.5 Å². The summed E-state index contributed by atoms with van der Waals surface area (Å²) < 4.78 is 27.4. The average molecular weight is 494 g/mol. The van der Waals surface area contributed by atoms with Crippen LogP contribution in [-0.4, -0.2) is 87.7 Å². The fraction of sp³-hybridized carbons (Fsp3) is 0.478. The number of esters is 2. The fourth-order valence-electron chi connectivity index (χ4n) is 4.33. The molecule has 4 rings (SSSR count). The van der Waals surface area contributed by atoms with E-state index in [1.165, 1.54) is 24.5 Å². The van der Waals surface area contributed by atoms with Gasteiger partial charge in [-0.3, -0.25) is 0 Å². The SMILES string of the molecule is C=C[C@@H]1[C@@H](O[C@H]2O[C@H](CO)[C@@H](O)[C@H](O)[C@H]2OC(=O)c2cccc(O)c2O)OC=C2C(=O)OCC[C@@H]21. The van der Waals surface area contributed by atoms with E-state index in [0.29, 0.717) is 12.0 Å². The Labute approximate surface area is 199 Å². The molecule has 3 heterocycles. The number of cyclic esters (lactones) is 1. The van der Waals surface area contributed by atoms with E-state index in [9.17, 15) is 35.1 Å². The van der Waals surface area contributed by atoms with Crippen molar-refractivity contribution in [3.05, 3.63) is 48.3 Å². The summed E-state index contributed by atoms with van der Waals surface area (Å²) in [4.78, 5) is 24.8. The highest BCUT2D eigenvalue weighted by Gasteiger charge is 2.50. The zero-order chi connectivity index (χ0) is 25.3. The van der Waals surface area contributed by atoms with Crippen molar-refractivity contribution in [1.82, 2.24) is 0 Å². The molecule has 3 aliphatic rings. The van der Waals surface area contributed by atoms with Crippen LogP contribution in [0.1, 0.15) is 16.8 Å². The second-order valence-corrected chi connectivity index (χ2v) is 8.31. The van der Waals surface area contributed by atoms with Crippen LogP contribution < -0.4 is 0 Å². The third-order valence-corrected chi connectivity index (χ3v) is 6.25. The molecule has 0 radical (unpaired) electrons. The monoisotopic (exact) mass is 494 g/mol. The van der Waals surface area contributed by atoms with Crippen molar-refractivity contribution in [2.75, 3.05) is 13.2 Å². The maximum atomic E-state index is 12.7. The van der Waals surface area contributed by atoms with Gasteiger partial charge in [0.15, 0.2) is 17.6 Å². The molecule has 0 bridgehead atoms. The van der Waals surface area contributed by atoms with Gasteiger partial charge in [-0.1, -0.05) is 12.1 Å². The highest BCUT2D eigenvalue weighted by atomic mass is 16.8. The molecule has 35 heavy (non-hydrogen) atoms. The van der Waals surface area contributed by atoms with Crippen molar-refractivity contribution < 1.29 is 58.8 Å². The van der Waals surface area contributed by atoms with Gasteiger partial charge in [-0.2, -0.15) is 0 Å². The summed E-state index contributed by atoms with van der Waals surface area (Å²) >= 11 is 0. The lowest BCUT2D eigenvalue weighted by atomic mass is 9.81. The lowest BCUT2D eigenvalue weighted by Gasteiger charge is -2.44. The summed E-state index contributed by atoms with van der Waals surface area (Å²) in [6, 6.07) is 3.64. The number of phenolic OH excluding ortho intramolecular Hbond substituents is 2. The number of phenols is 2. The molecule has 12 heteroatoms. The van der Waals surface area contributed by atoms with E-state index >= 15 is 0 Å². The van der Waals surface area contributed by atoms with Gasteiger partial charge in [0.05, 0.1) is 25.0 Å². The molecule has 8 atom stereocenters. The molecule has 0 spiro atoms. The zero-order valence-corrected chi connectivity index (χ0v) is 18.4. The number of para-hydroxylation sites is 1. The lowest BCUT2D eigenvalue weighted by Crippen LogP contribution is -2.61. The second-order valence-electron chi connectivity index (χ2n) is 8.31. The lowest BCUT2D eigenvalue weighted by molar-refractivity contribution is -0.338. The summed E-state index contributed by atoms with van der Waals surface area (Å²) in [5.74, 6) is -3.83. The normalized spacial score (nSPS) is 34.6. The number of fused-ring (bicyclic) bond motifs is 1. The largest absolute Gasteiger partial charge is 0.504 e. The van der Waals surface area contributed by atoms with Crippen molar-refractivity contribution in [3.63, 3.8) is 0 Å². The minimum absolute atomic E-state index is 0.197. The van der Waals surface area contributed by atoms with Crippen LogP contribution in [0.15, 0.2) is 42.7 Å². The summed E-state index contributed by atoms with van der Waals surface area (Å²) in [7, 11) is 0. The van der Waals surface area contributed by atoms with Crippen molar-refractivity contribution in [2.45, 2.75) is 43.4 Å². The number of benzene rings is 1. The van der Waals surface area contributed by atoms with Gasteiger partial charge in [0, 0.05) is 11.8 Å². The Bertz CT molecular complexity index is 1010. The first kappa shape index (κ1) is 24.9. The summed E-state index contributed by atoms with van der Waals surface area (Å²) in [5, 5.41) is 50.2. The van der Waals surface area contributed by atoms with Gasteiger partial charge >= 0.3 is 11.9 Å². The zero-order valence-electron chi connectivity index (χ0n) is 18.4. The van der Waals surface area contributed by atoms with Gasteiger partial charge in [0.2, 0.25) is 12.6 Å². The molecule has 1 aromatic rings. The topological polar surface area (TPSA) is 181 Å². The molecule has 5 N–H and O–H groups in total. The first-order valence-corrected chi connectivity index (χ1v) is 10.9. The van der Waals surface area contributed by atoms with E-state index < -0.39 is 78.5 Å². The van der Waals surface area contributed by atoms with Crippen LogP contribution in [0.25, 0.3) is 0 Å². The van der Waals surface area contributed by atoms with Crippen LogP contribution in [0.2, 0.25) is 0 Å². The Balaban J connectivity index is 1.59. The number of carbonyl (C=O) groups excluding carboxylic acids is 2. The first-order chi connectivity index (χ1) is 16.8. The molecule has 12 nitrogen and oxygen atoms in total. The summed E-state index contributed by atoms with van der Waals surface area (Å²) in [6.45, 7) is 3.30. The van der Waals surface area contributed by atoms with Crippen LogP contribution in [0.4, 0.5) is 0 Å². The third-order valence-electron chi connectivity index (χ3n) is 6.25. The number of ether oxygens (including phenoxy) is 5. The standard InChI is InChI=1S/C23H26O12/c1-2-10-11-6-7-31-20(29)13(11)9-32-22(10)35-23-19(18(28)17(27)15(8-24)33-23)34-21(30)12-4-3-5-14(25)16(12)26/h2-5,9-11,15,17-19,22-28H,1,6-8H2/t10-,11+,15+,17+,18-,19+,22+,23+/m0/s1. The Morgan fingerprint density at radius 1 is 1.20 bits per heavy atom. The summed E-state index contributed by atoms with van der Waals surface area (Å²) in [5.41, 5.74) is -0.0857. The minimum atomic E-state index is -1.75. The van der Waals surface area contributed by atoms with Gasteiger partial charge in [-0.15, -0.1) is 6.58 Å². The van der Waals surface area contributed by atoms with E-state index in [1.807, 2.05) is 0 Å². The fourth-order valence-corrected chi connectivity index (χ4v) is 4.33. The van der Waals surface area contributed by atoms with Crippen LogP contribution in [0.3, 0.4) is 0 Å². The van der Waals surface area contributed by atoms with Gasteiger partial charge in [-0.25, -0.2) is 9.59 Å². The van der Waals surface area contributed by atoms with Crippen LogP contribution in [-0.2, 0) is 28.5 Å². The summed E-state index contributed by atoms with van der Waals surface area (Å²) in [6.07, 6.45) is -5.70. The molecule has 0 saturated carbocycles. The molecule has 2 saturated heterocycles. The van der Waals surface area contributed by atoms with Gasteiger partial charge in [0.25, 0.3) is 0 Å². The number of hydrogen-bond acceptors (Lipinski definition) is 12. The number of carbonyl (C=O) groups is 2. The molecule has 0 amide bonds. The van der Waals surface area contributed by atoms with Crippen molar-refractivity contribution >= 4 is 11.9 Å². The smallest absolute Gasteiger partial charge is 0.342 e. The Morgan fingerprint density at radius 3 is 2.69 bits per heavy atom. The third kappa shape index (κ3) is 4.70. The molecule has 190 valence electrons. The highest BCUT2D eigenvalue weighted by molar-refractivity contribution is 5.93. The predicted octanol–water partition coefficient (Wildman–Crippen LogP) is -0.316. The molecule has 2 fully saturated rings. The Morgan fingerprint density at radius 2 is 1.97 bits per heavy atom. The highest BCUT2D eigenvalue weighted by Crippen LogP contribution is 2.39. The Kier molecular flexibility index (Phi) is 7.28. The van der Waals surface area contributed by atoms with Gasteiger partial charge < -0.3 is 49.2 Å². The first-order valence-electron chi connectivity index (χ1n) is 10.9. The predicted molar refractivity (Wildman–Crippen MR) is 114 cm³/mol. The van der Waals surface area contributed by atoms with Crippen LogP contribution in [0.5, 0.6) is 11.5 Å². The molecule has 0 unspecified atom stereocenters. The van der Waals surface area contributed by atoms with E-state index in [4.69, 9.17) is 23.7 Å². The van der Waals surface area contributed by atoms with Gasteiger partial charge in [-0.05, 0) is 18.6 Å². The number of aliphatic hydroxyl groups excluding tert-OH is 3. The number of aromatic hydroxyl groups is 2. The molecular weight excluding hydrogens is 468 g/mol. The minimum Gasteiger partial charge on any atom is -0.504 e. The quantitative estimate of drug-likeness (QED) is 0.198. The van der Waals surface area contributed by atoms with E-state index in [0.717, 1.165) is 6.07 Å². The molecular formula is C23H26O12. The van der Waals surface area contributed by atoms with Crippen molar-refractivity contribution in [2.24, 2.45) is 11.8 Å². The van der Waals surface area contributed by atoms with Gasteiger partial charge in [0.1, 0.15) is 23.9 Å². The molecule has 3 aliphatic heterocycles. The van der Waals surface area contributed by atoms with E-state index in [2.05, 4.69) is 6.58 Å². The maximum absolute atomic E-state index is 12.7. The molecule has 1 aromatic carbocycles. The van der Waals surface area contributed by atoms with E-state index in [1.54, 1.807) is 0 Å². The second kappa shape index (κ2) is 10.2. The van der Waals surface area contributed by atoms with Crippen LogP contribution >= 0.6 is 0 Å². The van der Waals surface area contributed by atoms with Crippen molar-refractivity contribution in [1.29, 1.82) is 0 Å². The Hall–Kier alpha value is -3.16. The average Bonchev–Trinajstić information content (AvgIpc) is 2.85. The van der Waals surface area contributed by atoms with E-state index in [-0.39, 0.29) is 12.5 Å². The number of rotatable bonds is 6. The maximum Gasteiger partial charge on any atom is 0.342 e. The number of hydrogen-bond donors (Lipinski definition) is 5. The molecule has 0 aliphatic carbocycles. The van der Waals surface area contributed by atoms with Crippen LogP contribution in [0, 0.1) is 11.8 Å². The number of aliphatic hydroxyl groups is 3.